The van der Waals surface area contributed by atoms with Crippen LogP contribution >= 0.6 is 35.0 Å². The fraction of sp³-hybridized carbons (Fsp3) is 0.208. The number of tetrazole rings is 1. The van der Waals surface area contributed by atoms with Gasteiger partial charge in [0.05, 0.1) is 17.8 Å². The molecule has 3 aromatic carbocycles. The van der Waals surface area contributed by atoms with Crippen molar-refractivity contribution in [3.63, 3.8) is 0 Å². The van der Waals surface area contributed by atoms with Gasteiger partial charge in [-0.2, -0.15) is 4.68 Å². The summed E-state index contributed by atoms with van der Waals surface area (Å²) in [5, 5.41) is 16.8. The van der Waals surface area contributed by atoms with Gasteiger partial charge in [-0.15, -0.1) is 5.10 Å². The predicted octanol–water partition coefficient (Wildman–Crippen LogP) is 5.58. The standard InChI is InChI=1S/C24H22Cl2FN5O2S/c1-33-22-12-16(20(26)13-23(22)34-15-18-19(25)8-5-9-21(18)27)14-28-10-11-35-24-29-30-31-32(24)17-6-3-2-4-7-17/h2-9,12-13,28H,10-11,14-15H2,1H3. The second-order valence-electron chi connectivity index (χ2n) is 7.32. The van der Waals surface area contributed by atoms with Crippen LogP contribution in [-0.2, 0) is 13.2 Å². The Morgan fingerprint density at radius 1 is 1.03 bits per heavy atom. The average molecular weight is 534 g/mol. The van der Waals surface area contributed by atoms with Gasteiger partial charge in [-0.1, -0.05) is 59.2 Å². The number of aromatic nitrogens is 4. The van der Waals surface area contributed by atoms with Crippen molar-refractivity contribution in [3.8, 4) is 17.2 Å². The van der Waals surface area contributed by atoms with Crippen molar-refractivity contribution in [1.82, 2.24) is 25.5 Å². The second kappa shape index (κ2) is 12.2. The number of methoxy groups -OCH3 is 1. The van der Waals surface area contributed by atoms with Crippen molar-refractivity contribution in [3.05, 3.63) is 87.7 Å². The lowest BCUT2D eigenvalue weighted by Crippen LogP contribution is -2.17. The highest BCUT2D eigenvalue weighted by atomic mass is 35.5. The zero-order valence-corrected chi connectivity index (χ0v) is 21.1. The molecule has 182 valence electrons. The molecule has 4 rings (SSSR count). The minimum atomic E-state index is -0.431. The number of para-hydroxylation sites is 1. The molecule has 1 aromatic heterocycles. The van der Waals surface area contributed by atoms with Gasteiger partial charge in [-0.05, 0) is 46.3 Å². The van der Waals surface area contributed by atoms with Crippen LogP contribution in [0.25, 0.3) is 5.69 Å². The molecule has 0 saturated heterocycles. The summed E-state index contributed by atoms with van der Waals surface area (Å²) >= 11 is 14.1. The molecule has 0 unspecified atom stereocenters. The molecule has 0 fully saturated rings. The molecule has 0 radical (unpaired) electrons. The van der Waals surface area contributed by atoms with Crippen LogP contribution in [0.3, 0.4) is 0 Å². The maximum atomic E-state index is 14.0. The number of nitrogens with zero attached hydrogens (tertiary/aromatic N) is 4. The van der Waals surface area contributed by atoms with Gasteiger partial charge in [-0.3, -0.25) is 0 Å². The van der Waals surface area contributed by atoms with Gasteiger partial charge in [-0.25, -0.2) is 4.39 Å². The Bertz CT molecular complexity index is 1260. The smallest absolute Gasteiger partial charge is 0.214 e. The van der Waals surface area contributed by atoms with Crippen LogP contribution in [0.1, 0.15) is 11.1 Å². The molecule has 0 aliphatic heterocycles. The monoisotopic (exact) mass is 533 g/mol. The average Bonchev–Trinajstić information content (AvgIpc) is 3.33. The van der Waals surface area contributed by atoms with Crippen LogP contribution in [0.5, 0.6) is 11.5 Å². The first-order valence-electron chi connectivity index (χ1n) is 10.7. The number of halogens is 3. The van der Waals surface area contributed by atoms with Crippen LogP contribution in [-0.4, -0.2) is 39.6 Å². The van der Waals surface area contributed by atoms with Gasteiger partial charge in [0, 0.05) is 35.5 Å². The van der Waals surface area contributed by atoms with E-state index in [0.29, 0.717) is 39.8 Å². The summed E-state index contributed by atoms with van der Waals surface area (Å²) in [5.41, 5.74) is 2.03. The van der Waals surface area contributed by atoms with Gasteiger partial charge in [0.2, 0.25) is 5.16 Å². The summed E-state index contributed by atoms with van der Waals surface area (Å²) in [6.45, 7) is 1.18. The largest absolute Gasteiger partial charge is 0.493 e. The van der Waals surface area contributed by atoms with E-state index in [1.807, 2.05) is 30.3 Å². The lowest BCUT2D eigenvalue weighted by atomic mass is 10.2. The Labute approximate surface area is 216 Å². The summed E-state index contributed by atoms with van der Waals surface area (Å²) in [6, 6.07) is 17.7. The molecule has 0 amide bonds. The first kappa shape index (κ1) is 25.2. The fourth-order valence-electron chi connectivity index (χ4n) is 3.24. The molecule has 11 heteroatoms. The van der Waals surface area contributed by atoms with Gasteiger partial charge >= 0.3 is 0 Å². The van der Waals surface area contributed by atoms with E-state index in [2.05, 4.69) is 20.8 Å². The molecular formula is C24H22Cl2FN5O2S. The van der Waals surface area contributed by atoms with E-state index >= 15 is 0 Å². The van der Waals surface area contributed by atoms with Crippen LogP contribution in [0, 0.1) is 5.82 Å². The molecule has 7 nitrogen and oxygen atoms in total. The molecule has 1 heterocycles. The number of nitrogens with one attached hydrogen (secondary N) is 1. The topological polar surface area (TPSA) is 74.1 Å². The normalized spacial score (nSPS) is 11.0. The highest BCUT2D eigenvalue weighted by Crippen LogP contribution is 2.34. The number of hydrogen-bond acceptors (Lipinski definition) is 7. The van der Waals surface area contributed by atoms with Crippen molar-refractivity contribution in [1.29, 1.82) is 0 Å². The Morgan fingerprint density at radius 2 is 1.86 bits per heavy atom. The van der Waals surface area contributed by atoms with Crippen LogP contribution in [0.2, 0.25) is 10.0 Å². The first-order valence-corrected chi connectivity index (χ1v) is 12.4. The van der Waals surface area contributed by atoms with E-state index in [-0.39, 0.29) is 12.2 Å². The Kier molecular flexibility index (Phi) is 8.81. The zero-order valence-electron chi connectivity index (χ0n) is 18.7. The second-order valence-corrected chi connectivity index (χ2v) is 9.19. The molecule has 0 atom stereocenters. The van der Waals surface area contributed by atoms with Gasteiger partial charge < -0.3 is 14.8 Å². The quantitative estimate of drug-likeness (QED) is 0.199. The van der Waals surface area contributed by atoms with Crippen LogP contribution in [0.15, 0.2) is 65.8 Å². The minimum absolute atomic E-state index is 0.0462. The molecule has 0 aliphatic rings. The highest BCUT2D eigenvalue weighted by Gasteiger charge is 2.14. The maximum absolute atomic E-state index is 14.0. The van der Waals surface area contributed by atoms with Gasteiger partial charge in [0.15, 0.2) is 11.5 Å². The van der Waals surface area contributed by atoms with Crippen molar-refractivity contribution in [2.24, 2.45) is 0 Å². The number of benzene rings is 3. The summed E-state index contributed by atoms with van der Waals surface area (Å²) < 4.78 is 27.0. The Balaban J connectivity index is 1.31. The van der Waals surface area contributed by atoms with Crippen molar-refractivity contribution in [2.45, 2.75) is 18.3 Å². The van der Waals surface area contributed by atoms with Crippen molar-refractivity contribution >= 4 is 35.0 Å². The van der Waals surface area contributed by atoms with E-state index in [0.717, 1.165) is 17.0 Å². The Morgan fingerprint density at radius 3 is 2.63 bits per heavy atom. The lowest BCUT2D eigenvalue weighted by molar-refractivity contribution is 0.279. The summed E-state index contributed by atoms with van der Waals surface area (Å²) in [6.07, 6.45) is 0. The number of ether oxygens (including phenoxy) is 2. The minimum Gasteiger partial charge on any atom is -0.493 e. The van der Waals surface area contributed by atoms with E-state index in [1.165, 1.54) is 13.2 Å². The lowest BCUT2D eigenvalue weighted by Gasteiger charge is -2.15. The fourth-order valence-corrected chi connectivity index (χ4v) is 4.47. The number of rotatable bonds is 11. The molecule has 0 aliphatic carbocycles. The van der Waals surface area contributed by atoms with Gasteiger partial charge in [0.25, 0.3) is 0 Å². The Hall–Kier alpha value is -2.85. The van der Waals surface area contributed by atoms with Gasteiger partial charge in [0.1, 0.15) is 12.4 Å². The van der Waals surface area contributed by atoms with E-state index in [1.54, 1.807) is 40.7 Å². The molecule has 1 N–H and O–H groups in total. The van der Waals surface area contributed by atoms with Crippen LogP contribution in [0.4, 0.5) is 4.39 Å². The summed E-state index contributed by atoms with van der Waals surface area (Å²) in [4.78, 5) is 0. The predicted molar refractivity (Wildman–Crippen MR) is 135 cm³/mol. The molecular weight excluding hydrogens is 512 g/mol. The molecule has 0 saturated carbocycles. The maximum Gasteiger partial charge on any atom is 0.214 e. The number of thioether (sulfide) groups is 1. The third kappa shape index (κ3) is 6.43. The summed E-state index contributed by atoms with van der Waals surface area (Å²) in [5.74, 6) is 1.23. The third-order valence-electron chi connectivity index (χ3n) is 5.03. The first-order chi connectivity index (χ1) is 17.1. The van der Waals surface area contributed by atoms with Crippen LogP contribution < -0.4 is 14.8 Å². The zero-order chi connectivity index (χ0) is 24.6. The molecule has 4 aromatic rings. The van der Waals surface area contributed by atoms with Crippen molar-refractivity contribution < 1.29 is 13.9 Å². The van der Waals surface area contributed by atoms with E-state index in [4.69, 9.17) is 32.7 Å². The molecule has 35 heavy (non-hydrogen) atoms. The van der Waals surface area contributed by atoms with Crippen molar-refractivity contribution in [2.75, 3.05) is 19.4 Å². The SMILES string of the molecule is COc1cc(CNCCSc2nnnn2-c2ccccc2)c(Cl)cc1OCc1c(F)cccc1Cl. The highest BCUT2D eigenvalue weighted by molar-refractivity contribution is 7.99. The molecule has 0 spiro atoms. The third-order valence-corrected chi connectivity index (χ3v) is 6.66. The van der Waals surface area contributed by atoms with E-state index in [9.17, 15) is 4.39 Å². The summed E-state index contributed by atoms with van der Waals surface area (Å²) in [7, 11) is 1.54. The molecule has 0 bridgehead atoms. The number of hydrogen-bond donors (Lipinski definition) is 1. The van der Waals surface area contributed by atoms with E-state index < -0.39 is 5.82 Å².